The van der Waals surface area contributed by atoms with Crippen LogP contribution in [0.2, 0.25) is 0 Å². The van der Waals surface area contributed by atoms with Crippen molar-refractivity contribution in [1.82, 2.24) is 0 Å². The molecule has 0 aliphatic carbocycles. The highest BCUT2D eigenvalue weighted by Gasteiger charge is 2.28. The fraction of sp³-hybridized carbons (Fsp3) is 0.214. The van der Waals surface area contributed by atoms with Crippen LogP contribution >= 0.6 is 11.3 Å². The molecular weight excluding hydrogens is 326 g/mol. The van der Waals surface area contributed by atoms with Crippen molar-refractivity contribution < 1.29 is 23.4 Å². The topological polar surface area (TPSA) is 94.9 Å². The lowest BCUT2D eigenvalue weighted by Gasteiger charge is -2.24. The highest BCUT2D eigenvalue weighted by atomic mass is 32.2. The third-order valence-electron chi connectivity index (χ3n) is 2.84. The van der Waals surface area contributed by atoms with Gasteiger partial charge in [0, 0.05) is 5.38 Å². The number of thiophene rings is 1. The number of hydrogen-bond donors (Lipinski definition) is 2. The minimum atomic E-state index is -3.93. The van der Waals surface area contributed by atoms with Crippen molar-refractivity contribution in [2.24, 2.45) is 0 Å². The van der Waals surface area contributed by atoms with Crippen LogP contribution in [0, 0.1) is 0 Å². The number of aliphatic hydroxyl groups excluding tert-OH is 1. The summed E-state index contributed by atoms with van der Waals surface area (Å²) in [6.07, 6.45) is -0.867. The summed E-state index contributed by atoms with van der Waals surface area (Å²) in [6, 6.07) is 9.50. The van der Waals surface area contributed by atoms with Crippen LogP contribution in [0.4, 0.5) is 5.69 Å². The minimum Gasteiger partial charge on any atom is -0.478 e. The quantitative estimate of drug-likeness (QED) is 0.838. The maximum absolute atomic E-state index is 12.7. The first-order valence-corrected chi connectivity index (χ1v) is 8.72. The zero-order valence-corrected chi connectivity index (χ0v) is 13.3. The Morgan fingerprint density at radius 2 is 1.95 bits per heavy atom. The Morgan fingerprint density at radius 1 is 1.32 bits per heavy atom. The Labute approximate surface area is 132 Å². The third kappa shape index (κ3) is 3.46. The van der Waals surface area contributed by atoms with Gasteiger partial charge in [-0.2, -0.15) is 0 Å². The summed E-state index contributed by atoms with van der Waals surface area (Å²) in [6.45, 7) is 1.37. The number of aromatic carboxylic acids is 1. The standard InChI is InChI=1S/C14H15NO5S2/c1-10(16)8-15(12-5-3-2-4-6-12)22(19,20)13-7-11(9-21-13)14(17)18/h2-7,9-10,16H,8H2,1H3,(H,17,18)/t10-/m0/s1. The van der Waals surface area contributed by atoms with Gasteiger partial charge in [-0.25, -0.2) is 13.2 Å². The van der Waals surface area contributed by atoms with Crippen LogP contribution in [-0.2, 0) is 10.0 Å². The molecule has 1 aromatic heterocycles. The molecule has 0 aliphatic heterocycles. The van der Waals surface area contributed by atoms with Gasteiger partial charge in [0.25, 0.3) is 10.0 Å². The molecule has 0 fully saturated rings. The molecule has 0 aliphatic rings. The Balaban J connectivity index is 2.47. The van der Waals surface area contributed by atoms with Gasteiger partial charge in [-0.3, -0.25) is 4.31 Å². The fourth-order valence-corrected chi connectivity index (χ4v) is 4.66. The summed E-state index contributed by atoms with van der Waals surface area (Å²) < 4.78 is 26.5. The van der Waals surface area contributed by atoms with E-state index in [2.05, 4.69) is 0 Å². The van der Waals surface area contributed by atoms with Crippen molar-refractivity contribution in [1.29, 1.82) is 0 Å². The third-order valence-corrected chi connectivity index (χ3v) is 6.05. The van der Waals surface area contributed by atoms with E-state index in [9.17, 15) is 18.3 Å². The first-order valence-electron chi connectivity index (χ1n) is 6.40. The predicted octanol–water partition coefficient (Wildman–Crippen LogP) is 2.02. The molecule has 2 rings (SSSR count). The fourth-order valence-electron chi connectivity index (χ4n) is 1.85. The number of benzene rings is 1. The molecule has 0 bridgehead atoms. The van der Waals surface area contributed by atoms with Crippen LogP contribution < -0.4 is 4.31 Å². The number of aliphatic hydroxyl groups is 1. The number of carboxylic acid groups (broad SMARTS) is 1. The molecule has 22 heavy (non-hydrogen) atoms. The molecule has 1 aromatic carbocycles. The van der Waals surface area contributed by atoms with Crippen LogP contribution in [-0.4, -0.2) is 37.2 Å². The minimum absolute atomic E-state index is 0.0746. The van der Waals surface area contributed by atoms with Crippen LogP contribution in [0.5, 0.6) is 0 Å². The van der Waals surface area contributed by atoms with Gasteiger partial charge in [-0.1, -0.05) is 18.2 Å². The van der Waals surface area contributed by atoms with Crippen LogP contribution in [0.15, 0.2) is 46.0 Å². The smallest absolute Gasteiger partial charge is 0.336 e. The molecule has 1 atom stereocenters. The van der Waals surface area contributed by atoms with E-state index in [4.69, 9.17) is 5.11 Å². The Hall–Kier alpha value is -1.90. The zero-order valence-electron chi connectivity index (χ0n) is 11.7. The number of rotatable bonds is 6. The van der Waals surface area contributed by atoms with E-state index < -0.39 is 22.1 Å². The monoisotopic (exact) mass is 341 g/mol. The highest BCUT2D eigenvalue weighted by molar-refractivity contribution is 7.94. The lowest BCUT2D eigenvalue weighted by Crippen LogP contribution is -2.36. The van der Waals surface area contributed by atoms with E-state index in [0.717, 1.165) is 21.7 Å². The highest BCUT2D eigenvalue weighted by Crippen LogP contribution is 2.28. The molecule has 6 nitrogen and oxygen atoms in total. The second-order valence-electron chi connectivity index (χ2n) is 4.68. The van der Waals surface area contributed by atoms with Gasteiger partial charge >= 0.3 is 5.97 Å². The van der Waals surface area contributed by atoms with Crippen molar-refractivity contribution in [3.63, 3.8) is 0 Å². The maximum Gasteiger partial charge on any atom is 0.336 e. The number of hydrogen-bond acceptors (Lipinski definition) is 5. The van der Waals surface area contributed by atoms with Crippen LogP contribution in [0.3, 0.4) is 0 Å². The molecule has 118 valence electrons. The van der Waals surface area contributed by atoms with Crippen molar-refractivity contribution >= 4 is 33.0 Å². The summed E-state index contributed by atoms with van der Waals surface area (Å²) in [4.78, 5) is 10.9. The van der Waals surface area contributed by atoms with E-state index in [1.165, 1.54) is 12.3 Å². The summed E-state index contributed by atoms with van der Waals surface area (Å²) in [5, 5.41) is 19.8. The molecule has 8 heteroatoms. The van der Waals surface area contributed by atoms with E-state index in [1.807, 2.05) is 0 Å². The van der Waals surface area contributed by atoms with Gasteiger partial charge in [0.1, 0.15) is 4.21 Å². The van der Waals surface area contributed by atoms with E-state index in [1.54, 1.807) is 30.3 Å². The average Bonchev–Trinajstić information content (AvgIpc) is 2.96. The van der Waals surface area contributed by atoms with Gasteiger partial charge in [0.15, 0.2) is 0 Å². The van der Waals surface area contributed by atoms with Crippen molar-refractivity contribution in [2.75, 3.05) is 10.8 Å². The lowest BCUT2D eigenvalue weighted by molar-refractivity contribution is 0.0697. The number of carbonyl (C=O) groups is 1. The Morgan fingerprint density at radius 3 is 2.45 bits per heavy atom. The van der Waals surface area contributed by atoms with Crippen LogP contribution in [0.1, 0.15) is 17.3 Å². The van der Waals surface area contributed by atoms with Gasteiger partial charge in [0.05, 0.1) is 23.9 Å². The number of carboxylic acids is 1. The second-order valence-corrected chi connectivity index (χ2v) is 7.68. The van der Waals surface area contributed by atoms with E-state index in [-0.39, 0.29) is 16.3 Å². The van der Waals surface area contributed by atoms with Gasteiger partial charge < -0.3 is 10.2 Å². The Kier molecular flexibility index (Phi) is 4.84. The maximum atomic E-state index is 12.7. The van der Waals surface area contributed by atoms with Crippen molar-refractivity contribution in [2.45, 2.75) is 17.2 Å². The lowest BCUT2D eigenvalue weighted by atomic mass is 10.3. The summed E-state index contributed by atoms with van der Waals surface area (Å²) in [5.41, 5.74) is 0.335. The van der Waals surface area contributed by atoms with Crippen LogP contribution in [0.25, 0.3) is 0 Å². The SMILES string of the molecule is C[C@H](O)CN(c1ccccc1)S(=O)(=O)c1cc(C(=O)O)cs1. The molecule has 0 spiro atoms. The normalized spacial score (nSPS) is 12.8. The van der Waals surface area contributed by atoms with Crippen molar-refractivity contribution in [3.05, 3.63) is 47.3 Å². The zero-order chi connectivity index (χ0) is 16.3. The van der Waals surface area contributed by atoms with Gasteiger partial charge in [-0.05, 0) is 25.1 Å². The molecule has 0 unspecified atom stereocenters. The molecule has 0 saturated heterocycles. The average molecular weight is 341 g/mol. The molecule has 0 radical (unpaired) electrons. The number of anilines is 1. The predicted molar refractivity (Wildman–Crippen MR) is 83.9 cm³/mol. The number of sulfonamides is 1. The largest absolute Gasteiger partial charge is 0.478 e. The van der Waals surface area contributed by atoms with E-state index >= 15 is 0 Å². The molecule has 2 N–H and O–H groups in total. The van der Waals surface area contributed by atoms with Gasteiger partial charge in [0.2, 0.25) is 0 Å². The first-order chi connectivity index (χ1) is 10.3. The number of nitrogens with zero attached hydrogens (tertiary/aromatic N) is 1. The second kappa shape index (κ2) is 6.47. The molecular formula is C14H15NO5S2. The molecule has 1 heterocycles. The molecule has 0 amide bonds. The summed E-state index contributed by atoms with van der Waals surface area (Å²) in [5.74, 6) is -1.18. The van der Waals surface area contributed by atoms with Crippen molar-refractivity contribution in [3.8, 4) is 0 Å². The molecule has 0 saturated carbocycles. The first kappa shape index (κ1) is 16.5. The molecule has 2 aromatic rings. The summed E-state index contributed by atoms with van der Waals surface area (Å²) >= 11 is 0.843. The Bertz CT molecular complexity index is 753. The van der Waals surface area contributed by atoms with Gasteiger partial charge in [-0.15, -0.1) is 11.3 Å². The number of para-hydroxylation sites is 1. The summed E-state index contributed by atoms with van der Waals surface area (Å²) in [7, 11) is -3.93. The van der Waals surface area contributed by atoms with E-state index in [0.29, 0.717) is 5.69 Å².